The van der Waals surface area contributed by atoms with Gasteiger partial charge in [0, 0.05) is 91.9 Å². The number of amides is 2. The summed E-state index contributed by atoms with van der Waals surface area (Å²) in [4.78, 5) is 44.0. The number of H-pyrrole nitrogens is 1. The van der Waals surface area contributed by atoms with Crippen LogP contribution in [0.3, 0.4) is 0 Å². The molecule has 14 nitrogen and oxygen atoms in total. The molecule has 4 N–H and O–H groups in total. The molecule has 2 aliphatic heterocycles. The minimum atomic E-state index is -0.353. The molecule has 7 rings (SSSR count). The molecule has 0 atom stereocenters. The summed E-state index contributed by atoms with van der Waals surface area (Å²) in [6.07, 6.45) is 6.86. The monoisotopic (exact) mass is 668 g/mol. The zero-order valence-corrected chi connectivity index (χ0v) is 27.7. The van der Waals surface area contributed by atoms with Gasteiger partial charge in [0.15, 0.2) is 0 Å². The van der Waals surface area contributed by atoms with Gasteiger partial charge in [-0.25, -0.2) is 9.97 Å². The van der Waals surface area contributed by atoms with E-state index in [-0.39, 0.29) is 23.9 Å². The Morgan fingerprint density at radius 3 is 2.48 bits per heavy atom. The summed E-state index contributed by atoms with van der Waals surface area (Å²) in [5.74, 6) is 0.329. The van der Waals surface area contributed by atoms with Crippen LogP contribution >= 0.6 is 0 Å². The van der Waals surface area contributed by atoms with Crippen molar-refractivity contribution in [2.75, 3.05) is 49.2 Å². The summed E-state index contributed by atoms with van der Waals surface area (Å²) in [7, 11) is 2.15. The summed E-state index contributed by atoms with van der Waals surface area (Å²) in [6, 6.07) is 18.8. The smallest absolute Gasteiger partial charge is 0.273 e. The number of nitrogens with zero attached hydrogens (tertiary/aromatic N) is 8. The molecule has 3 aromatic heterocycles. The SMILES string of the molecule is Cc1ccc(NC(=O)c2ccc(CN3CCN(C)CC3)cc2)cc1Nc1nccc(-c2cncc(C3=NN=C(C(=O)Nc4ccn[nH]4)C3)c2)n1. The van der Waals surface area contributed by atoms with E-state index < -0.39 is 0 Å². The first-order chi connectivity index (χ1) is 24.4. The maximum Gasteiger partial charge on any atom is 0.273 e. The Bertz CT molecular complexity index is 2070. The Labute approximate surface area is 288 Å². The topological polar surface area (TPSA) is 169 Å². The van der Waals surface area contributed by atoms with Crippen molar-refractivity contribution in [3.63, 3.8) is 0 Å². The van der Waals surface area contributed by atoms with Gasteiger partial charge in [-0.3, -0.25) is 24.6 Å². The number of aryl methyl sites for hydroxylation is 1. The van der Waals surface area contributed by atoms with Gasteiger partial charge in [-0.2, -0.15) is 10.2 Å². The summed E-state index contributed by atoms with van der Waals surface area (Å²) in [5, 5.41) is 23.9. The third-order valence-electron chi connectivity index (χ3n) is 8.62. The van der Waals surface area contributed by atoms with Crippen LogP contribution in [-0.4, -0.2) is 91.4 Å². The van der Waals surface area contributed by atoms with Crippen molar-refractivity contribution in [3.05, 3.63) is 108 Å². The second kappa shape index (κ2) is 14.6. The highest BCUT2D eigenvalue weighted by molar-refractivity contribution is 6.47. The first kappa shape index (κ1) is 32.4. The summed E-state index contributed by atoms with van der Waals surface area (Å²) in [5.41, 5.74) is 7.19. The molecule has 0 radical (unpaired) electrons. The van der Waals surface area contributed by atoms with Crippen molar-refractivity contribution in [2.45, 2.75) is 19.9 Å². The standard InChI is InChI=1S/C36H36N12O2/c1-23-3-8-28(40-34(49)25-6-4-24(5-7-25)22-48-15-13-47(2)14-16-48)18-30(23)42-36-38-11-9-29(41-36)26-17-27(21-37-20-26)31-19-32(45-44-31)35(50)43-33-10-12-39-46-33/h3-12,17-18,20-21H,13-16,19,22H2,1-2H3,(H,40,49)(H,38,41,42)(H2,39,43,46,50). The Morgan fingerprint density at radius 2 is 1.68 bits per heavy atom. The van der Waals surface area contributed by atoms with E-state index in [0.717, 1.165) is 55.1 Å². The molecule has 50 heavy (non-hydrogen) atoms. The van der Waals surface area contributed by atoms with Crippen LogP contribution < -0.4 is 16.0 Å². The lowest BCUT2D eigenvalue weighted by molar-refractivity contribution is -0.110. The maximum atomic E-state index is 13.1. The third-order valence-corrected chi connectivity index (χ3v) is 8.62. The molecule has 0 unspecified atom stereocenters. The van der Waals surface area contributed by atoms with Crippen molar-refractivity contribution in [2.24, 2.45) is 10.2 Å². The van der Waals surface area contributed by atoms with Gasteiger partial charge in [-0.05, 0) is 61.5 Å². The molecule has 0 spiro atoms. The van der Waals surface area contributed by atoms with Crippen LogP contribution in [0.4, 0.5) is 23.1 Å². The fourth-order valence-electron chi connectivity index (χ4n) is 5.66. The number of hydrogen-bond acceptors (Lipinski definition) is 11. The van der Waals surface area contributed by atoms with Gasteiger partial charge in [0.2, 0.25) is 5.95 Å². The van der Waals surface area contributed by atoms with Crippen molar-refractivity contribution in [1.29, 1.82) is 0 Å². The van der Waals surface area contributed by atoms with E-state index in [0.29, 0.717) is 34.4 Å². The lowest BCUT2D eigenvalue weighted by Gasteiger charge is -2.32. The molecular formula is C36H36N12O2. The van der Waals surface area contributed by atoms with Gasteiger partial charge in [-0.15, -0.1) is 5.10 Å². The first-order valence-electron chi connectivity index (χ1n) is 16.3. The van der Waals surface area contributed by atoms with Gasteiger partial charge in [0.05, 0.1) is 17.6 Å². The fourth-order valence-corrected chi connectivity index (χ4v) is 5.66. The number of piperazine rings is 1. The van der Waals surface area contributed by atoms with Crippen LogP contribution in [0.2, 0.25) is 0 Å². The minimum Gasteiger partial charge on any atom is -0.324 e. The Balaban J connectivity index is 0.982. The molecule has 1 fully saturated rings. The maximum absolute atomic E-state index is 13.1. The van der Waals surface area contributed by atoms with Gasteiger partial charge in [0.1, 0.15) is 11.5 Å². The predicted molar refractivity (Wildman–Crippen MR) is 193 cm³/mol. The van der Waals surface area contributed by atoms with Crippen LogP contribution in [0.5, 0.6) is 0 Å². The van der Waals surface area contributed by atoms with Crippen LogP contribution in [0.15, 0.2) is 95.7 Å². The Morgan fingerprint density at radius 1 is 0.860 bits per heavy atom. The summed E-state index contributed by atoms with van der Waals surface area (Å²) >= 11 is 0. The second-order valence-electron chi connectivity index (χ2n) is 12.3. The molecule has 2 amide bonds. The lowest BCUT2D eigenvalue weighted by atomic mass is 10.0. The number of aromatic amines is 1. The number of rotatable bonds is 10. The highest BCUT2D eigenvalue weighted by Crippen LogP contribution is 2.26. The number of nitrogens with one attached hydrogen (secondary N) is 4. The van der Waals surface area contributed by atoms with Crippen LogP contribution in [0.1, 0.15) is 33.5 Å². The Kier molecular flexibility index (Phi) is 9.44. The number of hydrogen-bond donors (Lipinski definition) is 4. The van der Waals surface area contributed by atoms with Crippen molar-refractivity contribution in [3.8, 4) is 11.3 Å². The number of pyridine rings is 1. The van der Waals surface area contributed by atoms with Crippen LogP contribution in [-0.2, 0) is 11.3 Å². The van der Waals surface area contributed by atoms with Crippen molar-refractivity contribution >= 4 is 46.4 Å². The number of benzene rings is 2. The van der Waals surface area contributed by atoms with Gasteiger partial charge in [-0.1, -0.05) is 18.2 Å². The molecule has 2 aromatic carbocycles. The molecule has 2 aliphatic rings. The minimum absolute atomic E-state index is 0.181. The molecule has 1 saturated heterocycles. The lowest BCUT2D eigenvalue weighted by Crippen LogP contribution is -2.43. The van der Waals surface area contributed by atoms with E-state index in [4.69, 9.17) is 4.98 Å². The molecule has 0 saturated carbocycles. The largest absolute Gasteiger partial charge is 0.324 e. The van der Waals surface area contributed by atoms with Gasteiger partial charge < -0.3 is 20.9 Å². The van der Waals surface area contributed by atoms with Crippen LogP contribution in [0, 0.1) is 6.92 Å². The first-order valence-corrected chi connectivity index (χ1v) is 16.3. The quantitative estimate of drug-likeness (QED) is 0.167. The number of carbonyl (C=O) groups is 2. The molecule has 14 heteroatoms. The molecule has 0 aliphatic carbocycles. The average molecular weight is 669 g/mol. The van der Waals surface area contributed by atoms with Crippen molar-refractivity contribution < 1.29 is 9.59 Å². The number of carbonyl (C=O) groups excluding carboxylic acids is 2. The van der Waals surface area contributed by atoms with Gasteiger partial charge in [0.25, 0.3) is 11.8 Å². The molecule has 0 bridgehead atoms. The average Bonchev–Trinajstić information content (AvgIpc) is 3.85. The number of likely N-dealkylation sites (N-methyl/N-ethyl adjacent to an activating group) is 1. The summed E-state index contributed by atoms with van der Waals surface area (Å²) in [6.45, 7) is 7.09. The van der Waals surface area contributed by atoms with E-state index in [9.17, 15) is 9.59 Å². The van der Waals surface area contributed by atoms with Crippen LogP contribution in [0.25, 0.3) is 11.3 Å². The predicted octanol–water partition coefficient (Wildman–Crippen LogP) is 4.50. The van der Waals surface area contributed by atoms with E-state index >= 15 is 0 Å². The zero-order valence-electron chi connectivity index (χ0n) is 27.7. The zero-order chi connectivity index (χ0) is 34.5. The second-order valence-corrected chi connectivity index (χ2v) is 12.3. The normalized spacial score (nSPS) is 14.9. The van der Waals surface area contributed by atoms with Crippen molar-refractivity contribution in [1.82, 2.24) is 34.9 Å². The summed E-state index contributed by atoms with van der Waals surface area (Å²) < 4.78 is 0. The molecule has 252 valence electrons. The van der Waals surface area contributed by atoms with E-state index in [1.54, 1.807) is 36.9 Å². The molecule has 5 aromatic rings. The number of aromatic nitrogens is 5. The van der Waals surface area contributed by atoms with Gasteiger partial charge >= 0.3 is 0 Å². The highest BCUT2D eigenvalue weighted by atomic mass is 16.2. The highest BCUT2D eigenvalue weighted by Gasteiger charge is 2.22. The third kappa shape index (κ3) is 7.77. The molecular weight excluding hydrogens is 632 g/mol. The van der Waals surface area contributed by atoms with E-state index in [1.807, 2.05) is 55.5 Å². The van der Waals surface area contributed by atoms with E-state index in [2.05, 4.69) is 63.2 Å². The Hall–Kier alpha value is -6.12. The molecule has 5 heterocycles. The number of anilines is 4. The van der Waals surface area contributed by atoms with E-state index in [1.165, 1.54) is 5.56 Å². The fraction of sp³-hybridized carbons (Fsp3) is 0.222.